The molecule has 0 saturated heterocycles. The van der Waals surface area contributed by atoms with E-state index in [1.165, 1.54) is 109 Å². The van der Waals surface area contributed by atoms with Gasteiger partial charge in [0, 0.05) is 22.2 Å². The maximum atomic E-state index is 2.57. The average molecular weight is 768 g/mol. The molecule has 0 aliphatic heterocycles. The molecule has 0 aromatic heterocycles. The number of anilines is 3. The van der Waals surface area contributed by atoms with Crippen molar-refractivity contribution < 1.29 is 0 Å². The highest BCUT2D eigenvalue weighted by atomic mass is 15.1. The molecule has 0 heterocycles. The van der Waals surface area contributed by atoms with Crippen LogP contribution in [-0.2, 0) is 5.41 Å². The van der Waals surface area contributed by atoms with Gasteiger partial charge in [0.2, 0.25) is 0 Å². The summed E-state index contributed by atoms with van der Waals surface area (Å²) < 4.78 is 0. The lowest BCUT2D eigenvalue weighted by Gasteiger charge is -2.37. The van der Waals surface area contributed by atoms with E-state index in [4.69, 9.17) is 0 Å². The third-order valence-electron chi connectivity index (χ3n) is 14.2. The van der Waals surface area contributed by atoms with E-state index in [-0.39, 0.29) is 5.41 Å². The summed E-state index contributed by atoms with van der Waals surface area (Å²) in [7, 11) is 0. The number of fused-ring (bicyclic) bond motifs is 9. The first-order valence-corrected chi connectivity index (χ1v) is 21.7. The molecule has 1 spiro atoms. The van der Waals surface area contributed by atoms with Crippen LogP contribution < -0.4 is 4.90 Å². The number of rotatable bonds is 7. The van der Waals surface area contributed by atoms with Crippen molar-refractivity contribution in [1.29, 1.82) is 0 Å². The van der Waals surface area contributed by atoms with Crippen molar-refractivity contribution in [2.45, 2.75) is 31.1 Å². The molecule has 0 amide bonds. The van der Waals surface area contributed by atoms with Gasteiger partial charge in [0.05, 0.1) is 11.4 Å². The van der Waals surface area contributed by atoms with Crippen LogP contribution in [0.3, 0.4) is 0 Å². The van der Waals surface area contributed by atoms with E-state index in [9.17, 15) is 0 Å². The van der Waals surface area contributed by atoms with E-state index in [0.717, 1.165) is 11.6 Å². The van der Waals surface area contributed by atoms with Gasteiger partial charge in [-0.1, -0.05) is 194 Å². The van der Waals surface area contributed by atoms with Crippen LogP contribution in [0.5, 0.6) is 0 Å². The molecule has 3 unspecified atom stereocenters. The van der Waals surface area contributed by atoms with Crippen LogP contribution in [0.25, 0.3) is 66.4 Å². The molecular weight excluding hydrogens is 723 g/mol. The van der Waals surface area contributed by atoms with Gasteiger partial charge in [0.1, 0.15) is 0 Å². The Labute approximate surface area is 353 Å². The topological polar surface area (TPSA) is 3.24 Å². The van der Waals surface area contributed by atoms with Crippen molar-refractivity contribution in [2.75, 3.05) is 4.90 Å². The molecule has 0 radical (unpaired) electrons. The molecule has 60 heavy (non-hydrogen) atoms. The maximum absolute atomic E-state index is 2.57. The van der Waals surface area contributed by atoms with Crippen LogP contribution in [-0.4, -0.2) is 0 Å². The van der Waals surface area contributed by atoms with Gasteiger partial charge in [-0.15, -0.1) is 0 Å². The van der Waals surface area contributed by atoms with E-state index in [1.54, 1.807) is 5.56 Å². The Kier molecular flexibility index (Phi) is 8.23. The van der Waals surface area contributed by atoms with Gasteiger partial charge in [-0.25, -0.2) is 0 Å². The molecule has 286 valence electrons. The minimum atomic E-state index is 0.0853. The van der Waals surface area contributed by atoms with Gasteiger partial charge >= 0.3 is 0 Å². The van der Waals surface area contributed by atoms with Crippen molar-refractivity contribution >= 4 is 27.8 Å². The fourth-order valence-corrected chi connectivity index (χ4v) is 11.7. The summed E-state index contributed by atoms with van der Waals surface area (Å²) in [5, 5.41) is 2.53. The van der Waals surface area contributed by atoms with Crippen molar-refractivity contribution in [3.05, 3.63) is 223 Å². The second kappa shape index (κ2) is 14.1. The Balaban J connectivity index is 1.09. The second-order valence-corrected chi connectivity index (χ2v) is 17.2. The van der Waals surface area contributed by atoms with E-state index in [2.05, 4.69) is 217 Å². The van der Waals surface area contributed by atoms with Crippen LogP contribution in [0.15, 0.2) is 212 Å². The third kappa shape index (κ3) is 5.39. The zero-order valence-electron chi connectivity index (χ0n) is 33.6. The van der Waals surface area contributed by atoms with Gasteiger partial charge < -0.3 is 4.90 Å². The number of para-hydroxylation sites is 1. The first kappa shape index (κ1) is 35.0. The number of hydrogen-bond donors (Lipinski definition) is 0. The van der Waals surface area contributed by atoms with E-state index in [1.807, 2.05) is 0 Å². The molecule has 3 aliphatic carbocycles. The Hall–Kier alpha value is -6.96. The molecule has 1 nitrogen and oxygen atoms in total. The summed E-state index contributed by atoms with van der Waals surface area (Å²) in [6.07, 6.45) is 5.31. The fraction of sp³-hybridized carbons (Fsp3) is 0.119. The molecule has 2 fully saturated rings. The van der Waals surface area contributed by atoms with Gasteiger partial charge in [0.15, 0.2) is 0 Å². The Morgan fingerprint density at radius 3 is 1.70 bits per heavy atom. The van der Waals surface area contributed by atoms with Crippen LogP contribution in [0, 0.1) is 11.8 Å². The molecule has 1 heteroatoms. The molecule has 3 atom stereocenters. The molecule has 2 bridgehead atoms. The highest BCUT2D eigenvalue weighted by molar-refractivity contribution is 6.02. The summed E-state index contributed by atoms with van der Waals surface area (Å²) in [6.45, 7) is 0. The van der Waals surface area contributed by atoms with E-state index in [0.29, 0.717) is 5.92 Å². The summed E-state index contributed by atoms with van der Waals surface area (Å²) in [5.74, 6) is 1.50. The van der Waals surface area contributed by atoms with Crippen LogP contribution in [0.2, 0.25) is 0 Å². The lowest BCUT2D eigenvalue weighted by molar-refractivity contribution is 0.327. The summed E-state index contributed by atoms with van der Waals surface area (Å²) in [5.41, 5.74) is 19.3. The maximum Gasteiger partial charge on any atom is 0.0543 e. The molecular formula is C59H45N. The first-order chi connectivity index (χ1) is 29.8. The van der Waals surface area contributed by atoms with Crippen molar-refractivity contribution in [1.82, 2.24) is 0 Å². The highest BCUT2D eigenvalue weighted by Gasteiger charge is 2.57. The largest absolute Gasteiger partial charge is 0.309 e. The fourth-order valence-electron chi connectivity index (χ4n) is 11.7. The van der Waals surface area contributed by atoms with Crippen molar-refractivity contribution in [3.8, 4) is 55.6 Å². The molecule has 2 saturated carbocycles. The van der Waals surface area contributed by atoms with Gasteiger partial charge in [-0.05, 0) is 122 Å². The zero-order valence-corrected chi connectivity index (χ0v) is 33.6. The molecule has 0 N–H and O–H groups in total. The van der Waals surface area contributed by atoms with Crippen LogP contribution in [0.4, 0.5) is 17.1 Å². The minimum Gasteiger partial charge on any atom is -0.309 e. The van der Waals surface area contributed by atoms with Crippen molar-refractivity contribution in [2.24, 2.45) is 11.8 Å². The summed E-state index contributed by atoms with van der Waals surface area (Å²) >= 11 is 0. The molecule has 9 aromatic carbocycles. The first-order valence-electron chi connectivity index (χ1n) is 21.7. The van der Waals surface area contributed by atoms with Crippen LogP contribution in [0.1, 0.15) is 36.8 Å². The van der Waals surface area contributed by atoms with Crippen LogP contribution >= 0.6 is 0 Å². The Morgan fingerprint density at radius 2 is 0.933 bits per heavy atom. The zero-order chi connectivity index (χ0) is 39.6. The molecule has 9 aromatic rings. The highest BCUT2D eigenvalue weighted by Crippen LogP contribution is 2.67. The predicted octanol–water partition coefficient (Wildman–Crippen LogP) is 16.1. The molecule has 3 aliphatic rings. The monoisotopic (exact) mass is 767 g/mol. The minimum absolute atomic E-state index is 0.0853. The SMILES string of the molecule is c1ccc(-c2ccccc2-c2ccccc2-c2ccccc2N(c2ccc(-c3cccc4ccccc34)cc2)c2cccc3c2-c2ccccc2C32CC3CCC2C3)cc1. The van der Waals surface area contributed by atoms with E-state index < -0.39 is 0 Å². The van der Waals surface area contributed by atoms with Gasteiger partial charge in [-0.3, -0.25) is 0 Å². The number of nitrogens with zero attached hydrogens (tertiary/aromatic N) is 1. The van der Waals surface area contributed by atoms with Gasteiger partial charge in [0.25, 0.3) is 0 Å². The number of benzene rings is 9. The lowest BCUT2D eigenvalue weighted by Crippen LogP contribution is -2.31. The quantitative estimate of drug-likeness (QED) is 0.156. The summed E-state index contributed by atoms with van der Waals surface area (Å²) in [6, 6.07) is 79.0. The van der Waals surface area contributed by atoms with E-state index >= 15 is 0 Å². The van der Waals surface area contributed by atoms with Gasteiger partial charge in [-0.2, -0.15) is 0 Å². The number of hydrogen-bond acceptors (Lipinski definition) is 1. The second-order valence-electron chi connectivity index (χ2n) is 17.2. The average Bonchev–Trinajstić information content (AvgIpc) is 4.03. The lowest BCUT2D eigenvalue weighted by atomic mass is 9.67. The molecule has 12 rings (SSSR count). The Bertz CT molecular complexity index is 3060. The third-order valence-corrected chi connectivity index (χ3v) is 14.2. The predicted molar refractivity (Wildman–Crippen MR) is 252 cm³/mol. The van der Waals surface area contributed by atoms with Crippen molar-refractivity contribution in [3.63, 3.8) is 0 Å². The normalized spacial score (nSPS) is 18.5. The summed E-state index contributed by atoms with van der Waals surface area (Å²) in [4.78, 5) is 2.57. The Morgan fingerprint density at radius 1 is 0.383 bits per heavy atom. The standard InChI is InChI=1S/C59H45N/c1-2-16-41(17-3-1)48-21-6-7-22-49(48)50-23-8-9-24-51(50)52-25-11-13-30-56(52)60(45-36-33-43(34-37-45)47-27-14-19-42-18-4-5-20-46(42)47)57-31-15-29-55-58(57)53-26-10-12-28-54(53)59(55)39-40-32-35-44(59)38-40/h1-31,33-34,36-37,40,44H,32,35,38-39H2. The smallest absolute Gasteiger partial charge is 0.0543 e.